The van der Waals surface area contributed by atoms with Crippen LogP contribution in [0.2, 0.25) is 0 Å². The summed E-state index contributed by atoms with van der Waals surface area (Å²) in [5, 5.41) is 5.96. The zero-order chi connectivity index (χ0) is 19.1. The second kappa shape index (κ2) is 9.62. The van der Waals surface area contributed by atoms with Crippen molar-refractivity contribution in [2.75, 3.05) is 12.3 Å². The zero-order valence-electron chi connectivity index (χ0n) is 14.9. The van der Waals surface area contributed by atoms with Crippen molar-refractivity contribution in [2.24, 2.45) is 7.05 Å². The van der Waals surface area contributed by atoms with Crippen LogP contribution in [0, 0.1) is 0 Å². The van der Waals surface area contributed by atoms with E-state index in [2.05, 4.69) is 43.7 Å². The van der Waals surface area contributed by atoms with Gasteiger partial charge in [-0.1, -0.05) is 46.3 Å². The van der Waals surface area contributed by atoms with Gasteiger partial charge in [-0.2, -0.15) is 0 Å². The summed E-state index contributed by atoms with van der Waals surface area (Å²) in [4.78, 5) is 18.0. The molecule has 5 nitrogen and oxygen atoms in total. The van der Waals surface area contributed by atoms with Crippen LogP contribution >= 0.6 is 27.7 Å². The average Bonchev–Trinajstić information content (AvgIpc) is 3.11. The van der Waals surface area contributed by atoms with Crippen LogP contribution in [0.5, 0.6) is 0 Å². The lowest BCUT2D eigenvalue weighted by Crippen LogP contribution is -2.40. The number of imidazole rings is 1. The van der Waals surface area contributed by atoms with Gasteiger partial charge in [0, 0.05) is 41.1 Å². The molecule has 0 unspecified atom stereocenters. The maximum absolute atomic E-state index is 12.4. The van der Waals surface area contributed by atoms with Crippen LogP contribution in [0.4, 0.5) is 4.79 Å². The molecule has 0 aliphatic rings. The Morgan fingerprint density at radius 3 is 2.59 bits per heavy atom. The number of thioether (sulfide) groups is 1. The van der Waals surface area contributed by atoms with Crippen molar-refractivity contribution in [1.29, 1.82) is 0 Å². The lowest BCUT2D eigenvalue weighted by atomic mass is 10.1. The normalized spacial score (nSPS) is 11.8. The minimum absolute atomic E-state index is 0.205. The van der Waals surface area contributed by atoms with Crippen LogP contribution in [0.15, 0.2) is 76.4 Å². The first-order chi connectivity index (χ1) is 13.1. The number of nitrogens with one attached hydrogen (secondary N) is 2. The van der Waals surface area contributed by atoms with Crippen molar-refractivity contribution < 1.29 is 4.79 Å². The molecular formula is C20H21BrN4OS. The van der Waals surface area contributed by atoms with E-state index in [9.17, 15) is 4.79 Å². The molecular weight excluding hydrogens is 424 g/mol. The monoisotopic (exact) mass is 444 g/mol. The number of carbonyl (C=O) groups is 1. The molecule has 1 aromatic heterocycles. The van der Waals surface area contributed by atoms with Gasteiger partial charge in [0.2, 0.25) is 0 Å². The van der Waals surface area contributed by atoms with Gasteiger partial charge in [0.05, 0.1) is 0 Å². The van der Waals surface area contributed by atoms with E-state index in [1.165, 1.54) is 4.90 Å². The van der Waals surface area contributed by atoms with Gasteiger partial charge in [-0.15, -0.1) is 11.8 Å². The van der Waals surface area contributed by atoms with Crippen molar-refractivity contribution >= 4 is 33.7 Å². The van der Waals surface area contributed by atoms with Gasteiger partial charge in [0.25, 0.3) is 0 Å². The number of nitrogens with zero attached hydrogens (tertiary/aromatic N) is 2. The number of amides is 2. The molecule has 1 atom stereocenters. The van der Waals surface area contributed by atoms with Gasteiger partial charge in [-0.3, -0.25) is 0 Å². The third-order valence-electron chi connectivity index (χ3n) is 3.99. The van der Waals surface area contributed by atoms with Gasteiger partial charge in [-0.05, 0) is 29.8 Å². The second-order valence-electron chi connectivity index (χ2n) is 5.94. The highest BCUT2D eigenvalue weighted by Crippen LogP contribution is 2.21. The van der Waals surface area contributed by atoms with Gasteiger partial charge in [0.1, 0.15) is 11.9 Å². The largest absolute Gasteiger partial charge is 0.337 e. The Balaban J connectivity index is 1.55. The highest BCUT2D eigenvalue weighted by Gasteiger charge is 2.20. The average molecular weight is 445 g/mol. The van der Waals surface area contributed by atoms with E-state index in [4.69, 9.17) is 0 Å². The summed E-state index contributed by atoms with van der Waals surface area (Å²) < 4.78 is 2.98. The topological polar surface area (TPSA) is 59.0 Å². The maximum Gasteiger partial charge on any atom is 0.315 e. The summed E-state index contributed by atoms with van der Waals surface area (Å²) >= 11 is 5.14. The lowest BCUT2D eigenvalue weighted by Gasteiger charge is -2.19. The molecule has 3 rings (SSSR count). The first kappa shape index (κ1) is 19.5. The molecule has 2 amide bonds. The highest BCUT2D eigenvalue weighted by molar-refractivity contribution is 9.10. The van der Waals surface area contributed by atoms with Crippen LogP contribution in [0.1, 0.15) is 17.4 Å². The molecule has 0 aliphatic heterocycles. The molecule has 3 aromatic rings. The number of benzene rings is 2. The minimum atomic E-state index is -0.301. The van der Waals surface area contributed by atoms with E-state index in [1.54, 1.807) is 18.0 Å². The third kappa shape index (κ3) is 5.61. The van der Waals surface area contributed by atoms with Crippen molar-refractivity contribution in [3.8, 4) is 0 Å². The summed E-state index contributed by atoms with van der Waals surface area (Å²) in [7, 11) is 1.92. The fourth-order valence-corrected chi connectivity index (χ4v) is 3.68. The molecule has 0 saturated heterocycles. The Labute approximate surface area is 171 Å². The number of aromatic nitrogens is 2. The molecule has 0 spiro atoms. The molecule has 0 fully saturated rings. The van der Waals surface area contributed by atoms with E-state index in [0.29, 0.717) is 6.54 Å². The molecule has 2 aromatic carbocycles. The number of aryl methyl sites for hydroxylation is 1. The van der Waals surface area contributed by atoms with Crippen LogP contribution in [0.25, 0.3) is 0 Å². The van der Waals surface area contributed by atoms with E-state index in [0.717, 1.165) is 21.6 Å². The number of hydrogen-bond acceptors (Lipinski definition) is 3. The van der Waals surface area contributed by atoms with E-state index < -0.39 is 0 Å². The Hall–Kier alpha value is -2.25. The van der Waals surface area contributed by atoms with Crippen LogP contribution in [0.3, 0.4) is 0 Å². The Morgan fingerprint density at radius 1 is 1.19 bits per heavy atom. The Morgan fingerprint density at radius 2 is 1.93 bits per heavy atom. The molecule has 0 radical (unpaired) electrons. The zero-order valence-corrected chi connectivity index (χ0v) is 17.3. The fourth-order valence-electron chi connectivity index (χ4n) is 2.64. The first-order valence-corrected chi connectivity index (χ1v) is 10.4. The van der Waals surface area contributed by atoms with Crippen LogP contribution < -0.4 is 10.6 Å². The predicted molar refractivity (Wildman–Crippen MR) is 113 cm³/mol. The van der Waals surface area contributed by atoms with Crippen molar-refractivity contribution in [2.45, 2.75) is 10.9 Å². The Kier molecular flexibility index (Phi) is 6.95. The SMILES string of the molecule is Cn1ccnc1[C@@H](NC(=O)NCCSc1ccc(Br)cc1)c1ccccc1. The quantitative estimate of drug-likeness (QED) is 0.420. The molecule has 7 heteroatoms. The summed E-state index contributed by atoms with van der Waals surface area (Å²) in [6, 6.07) is 17.5. The summed E-state index contributed by atoms with van der Waals surface area (Å²) in [5.74, 6) is 1.59. The van der Waals surface area contributed by atoms with Gasteiger partial charge in [-0.25, -0.2) is 9.78 Å². The van der Waals surface area contributed by atoms with Crippen molar-refractivity contribution in [3.63, 3.8) is 0 Å². The van der Waals surface area contributed by atoms with Crippen molar-refractivity contribution in [3.05, 3.63) is 82.9 Å². The first-order valence-electron chi connectivity index (χ1n) is 8.58. The second-order valence-corrected chi connectivity index (χ2v) is 8.03. The van der Waals surface area contributed by atoms with Crippen LogP contribution in [-0.4, -0.2) is 27.9 Å². The summed E-state index contributed by atoms with van der Waals surface area (Å²) in [5.41, 5.74) is 0.992. The summed E-state index contributed by atoms with van der Waals surface area (Å²) in [6.45, 7) is 0.578. The van der Waals surface area contributed by atoms with Crippen LogP contribution in [-0.2, 0) is 7.05 Å². The number of carbonyl (C=O) groups excluding carboxylic acids is 1. The lowest BCUT2D eigenvalue weighted by molar-refractivity contribution is 0.238. The smallest absolute Gasteiger partial charge is 0.315 e. The van der Waals surface area contributed by atoms with E-state index in [1.807, 2.05) is 60.3 Å². The maximum atomic E-state index is 12.4. The third-order valence-corrected chi connectivity index (χ3v) is 5.54. The molecule has 2 N–H and O–H groups in total. The predicted octanol–water partition coefficient (Wildman–Crippen LogP) is 4.36. The van der Waals surface area contributed by atoms with Crippen molar-refractivity contribution in [1.82, 2.24) is 20.2 Å². The number of rotatable bonds is 7. The molecule has 140 valence electrons. The molecule has 0 saturated carbocycles. The standard InChI is InChI=1S/C20H21BrN4OS/c1-25-13-11-22-19(25)18(15-5-3-2-4-6-15)24-20(26)23-12-14-27-17-9-7-16(21)8-10-17/h2-11,13,18H,12,14H2,1H3,(H2,23,24,26)/t18-/m0/s1. The highest BCUT2D eigenvalue weighted by atomic mass is 79.9. The molecule has 0 aliphatic carbocycles. The van der Waals surface area contributed by atoms with Gasteiger partial charge in [0.15, 0.2) is 0 Å². The molecule has 1 heterocycles. The molecule has 0 bridgehead atoms. The molecule has 27 heavy (non-hydrogen) atoms. The number of urea groups is 1. The number of halogens is 1. The minimum Gasteiger partial charge on any atom is -0.337 e. The number of hydrogen-bond donors (Lipinski definition) is 2. The van der Waals surface area contributed by atoms with E-state index in [-0.39, 0.29) is 12.1 Å². The van der Waals surface area contributed by atoms with Gasteiger partial charge >= 0.3 is 6.03 Å². The van der Waals surface area contributed by atoms with Gasteiger partial charge < -0.3 is 15.2 Å². The summed E-state index contributed by atoms with van der Waals surface area (Å²) in [6.07, 6.45) is 3.61. The fraction of sp³-hybridized carbons (Fsp3) is 0.200. The van der Waals surface area contributed by atoms with E-state index >= 15 is 0 Å². The Bertz CT molecular complexity index is 867.